The molecular formula is C12H22N2OS. The van der Waals surface area contributed by atoms with E-state index < -0.39 is 0 Å². The zero-order valence-electron chi connectivity index (χ0n) is 10.4. The molecule has 1 aromatic heterocycles. The lowest BCUT2D eigenvalue weighted by Crippen LogP contribution is -2.42. The van der Waals surface area contributed by atoms with Crippen molar-refractivity contribution >= 4 is 11.3 Å². The Morgan fingerprint density at radius 2 is 2.25 bits per heavy atom. The molecule has 0 aliphatic rings. The van der Waals surface area contributed by atoms with Gasteiger partial charge >= 0.3 is 0 Å². The molecule has 0 aromatic carbocycles. The van der Waals surface area contributed by atoms with E-state index in [2.05, 4.69) is 31.1 Å². The first-order valence-electron chi connectivity index (χ1n) is 6.05. The fraction of sp³-hybridized carbons (Fsp3) is 0.750. The quantitative estimate of drug-likeness (QED) is 0.760. The molecule has 0 bridgehead atoms. The molecule has 0 fully saturated rings. The average Bonchev–Trinajstić information content (AvgIpc) is 2.78. The lowest BCUT2D eigenvalue weighted by Gasteiger charge is -2.26. The lowest BCUT2D eigenvalue weighted by atomic mass is 10.1. The number of ether oxygens (including phenoxy) is 1. The number of rotatable bonds is 8. The highest BCUT2D eigenvalue weighted by molar-refractivity contribution is 7.09. The Bertz CT molecular complexity index is 264. The minimum atomic E-state index is 0.286. The molecule has 3 nitrogen and oxygen atoms in total. The normalized spacial score (nSPS) is 14.9. The second-order valence-corrected chi connectivity index (χ2v) is 4.68. The third-order valence-electron chi connectivity index (χ3n) is 2.58. The molecule has 1 N–H and O–H groups in total. The van der Waals surface area contributed by atoms with Gasteiger partial charge in [0.2, 0.25) is 0 Å². The highest BCUT2D eigenvalue weighted by Gasteiger charge is 2.20. The Labute approximate surface area is 102 Å². The maximum absolute atomic E-state index is 5.77. The van der Waals surface area contributed by atoms with Gasteiger partial charge in [0, 0.05) is 30.6 Å². The zero-order valence-corrected chi connectivity index (χ0v) is 11.2. The maximum Gasteiger partial charge on any atom is 0.0941 e. The van der Waals surface area contributed by atoms with Crippen LogP contribution in [-0.4, -0.2) is 30.3 Å². The van der Waals surface area contributed by atoms with Crippen molar-refractivity contribution in [2.45, 2.75) is 45.8 Å². The van der Waals surface area contributed by atoms with Crippen LogP contribution in [0.5, 0.6) is 0 Å². The summed E-state index contributed by atoms with van der Waals surface area (Å²) >= 11 is 1.72. The van der Waals surface area contributed by atoms with Crippen molar-refractivity contribution in [1.29, 1.82) is 0 Å². The molecule has 0 amide bonds. The van der Waals surface area contributed by atoms with Crippen molar-refractivity contribution < 1.29 is 4.74 Å². The smallest absolute Gasteiger partial charge is 0.0941 e. The second kappa shape index (κ2) is 7.76. The van der Waals surface area contributed by atoms with Gasteiger partial charge in [-0.15, -0.1) is 11.3 Å². The van der Waals surface area contributed by atoms with E-state index in [1.165, 1.54) is 5.01 Å². The van der Waals surface area contributed by atoms with E-state index in [-0.39, 0.29) is 6.10 Å². The van der Waals surface area contributed by atoms with Gasteiger partial charge < -0.3 is 10.1 Å². The van der Waals surface area contributed by atoms with Crippen LogP contribution >= 0.6 is 11.3 Å². The van der Waals surface area contributed by atoms with Crippen molar-refractivity contribution in [3.8, 4) is 0 Å². The first-order valence-corrected chi connectivity index (χ1v) is 6.93. The molecule has 0 aliphatic heterocycles. The average molecular weight is 242 g/mol. The molecule has 0 aliphatic carbocycles. The summed E-state index contributed by atoms with van der Waals surface area (Å²) in [5, 5.41) is 6.71. The van der Waals surface area contributed by atoms with Crippen LogP contribution in [0, 0.1) is 0 Å². The molecule has 0 radical (unpaired) electrons. The first-order chi connectivity index (χ1) is 7.81. The summed E-state index contributed by atoms with van der Waals surface area (Å²) in [5.74, 6) is 0. The minimum Gasteiger partial charge on any atom is -0.377 e. The molecule has 2 atom stereocenters. The van der Waals surface area contributed by atoms with Gasteiger partial charge in [-0.05, 0) is 19.9 Å². The first kappa shape index (κ1) is 13.6. The van der Waals surface area contributed by atoms with E-state index in [9.17, 15) is 0 Å². The van der Waals surface area contributed by atoms with E-state index in [4.69, 9.17) is 4.74 Å². The molecule has 1 rings (SSSR count). The van der Waals surface area contributed by atoms with Crippen molar-refractivity contribution in [2.75, 3.05) is 13.2 Å². The predicted octanol–water partition coefficient (Wildman–Crippen LogP) is 2.48. The van der Waals surface area contributed by atoms with E-state index in [0.717, 1.165) is 26.0 Å². The summed E-state index contributed by atoms with van der Waals surface area (Å²) in [5.41, 5.74) is 0. The lowest BCUT2D eigenvalue weighted by molar-refractivity contribution is 0.0323. The Balaban J connectivity index is 2.57. The Morgan fingerprint density at radius 1 is 1.44 bits per heavy atom. The molecule has 1 heterocycles. The number of nitrogens with one attached hydrogen (secondary N) is 1. The van der Waals surface area contributed by atoms with Crippen molar-refractivity contribution in [2.24, 2.45) is 0 Å². The molecule has 0 spiro atoms. The van der Waals surface area contributed by atoms with Gasteiger partial charge in [-0.2, -0.15) is 0 Å². The fourth-order valence-electron chi connectivity index (χ4n) is 1.87. The van der Waals surface area contributed by atoms with Gasteiger partial charge in [-0.1, -0.05) is 13.8 Å². The molecule has 1 aromatic rings. The number of likely N-dealkylation sites (N-methyl/N-ethyl adjacent to an activating group) is 1. The summed E-state index contributed by atoms with van der Waals surface area (Å²) < 4.78 is 5.77. The Morgan fingerprint density at radius 3 is 2.75 bits per heavy atom. The van der Waals surface area contributed by atoms with Crippen molar-refractivity contribution in [3.63, 3.8) is 0 Å². The predicted molar refractivity (Wildman–Crippen MR) is 69.0 cm³/mol. The minimum absolute atomic E-state index is 0.286. The van der Waals surface area contributed by atoms with E-state index in [1.54, 1.807) is 11.3 Å². The molecule has 0 saturated heterocycles. The number of thiazole rings is 1. The van der Waals surface area contributed by atoms with Crippen LogP contribution in [0.25, 0.3) is 0 Å². The summed E-state index contributed by atoms with van der Waals surface area (Å²) in [6.07, 6.45) is 4.15. The number of hydrogen-bond acceptors (Lipinski definition) is 4. The van der Waals surface area contributed by atoms with Crippen LogP contribution in [0.3, 0.4) is 0 Å². The van der Waals surface area contributed by atoms with Crippen LogP contribution in [0.1, 0.15) is 32.2 Å². The third-order valence-corrected chi connectivity index (χ3v) is 3.38. The van der Waals surface area contributed by atoms with Gasteiger partial charge in [0.1, 0.15) is 0 Å². The fourth-order valence-corrected chi connectivity index (χ4v) is 2.55. The topological polar surface area (TPSA) is 34.2 Å². The summed E-state index contributed by atoms with van der Waals surface area (Å²) in [6.45, 7) is 8.10. The number of nitrogens with zero attached hydrogens (tertiary/aromatic N) is 1. The van der Waals surface area contributed by atoms with Crippen LogP contribution in [0.15, 0.2) is 11.6 Å². The van der Waals surface area contributed by atoms with Gasteiger partial charge in [-0.3, -0.25) is 0 Å². The summed E-state index contributed by atoms with van der Waals surface area (Å²) in [7, 11) is 0. The molecule has 92 valence electrons. The molecule has 16 heavy (non-hydrogen) atoms. The van der Waals surface area contributed by atoms with Crippen molar-refractivity contribution in [1.82, 2.24) is 10.3 Å². The number of hydrogen-bond donors (Lipinski definition) is 1. The Kier molecular flexibility index (Phi) is 6.61. The van der Waals surface area contributed by atoms with Crippen LogP contribution in [0.4, 0.5) is 0 Å². The van der Waals surface area contributed by atoms with E-state index in [0.29, 0.717) is 6.04 Å². The molecule has 0 saturated carbocycles. The van der Waals surface area contributed by atoms with E-state index in [1.807, 2.05) is 11.6 Å². The molecule has 4 heteroatoms. The van der Waals surface area contributed by atoms with E-state index >= 15 is 0 Å². The standard InChI is InChI=1S/C12H22N2OS/c1-4-11(15-6-3)10(13-5-2)9-12-14-7-8-16-12/h7-8,10-11,13H,4-6,9H2,1-3H3. The summed E-state index contributed by atoms with van der Waals surface area (Å²) in [6, 6.07) is 0.376. The molecular weight excluding hydrogens is 220 g/mol. The third kappa shape index (κ3) is 4.20. The maximum atomic E-state index is 5.77. The largest absolute Gasteiger partial charge is 0.377 e. The van der Waals surface area contributed by atoms with Gasteiger partial charge in [0.05, 0.1) is 11.1 Å². The zero-order chi connectivity index (χ0) is 11.8. The van der Waals surface area contributed by atoms with Gasteiger partial charge in [0.15, 0.2) is 0 Å². The van der Waals surface area contributed by atoms with Gasteiger partial charge in [-0.25, -0.2) is 4.98 Å². The van der Waals surface area contributed by atoms with Crippen LogP contribution in [-0.2, 0) is 11.2 Å². The second-order valence-electron chi connectivity index (χ2n) is 3.70. The van der Waals surface area contributed by atoms with Crippen molar-refractivity contribution in [3.05, 3.63) is 16.6 Å². The number of aromatic nitrogens is 1. The SMILES string of the molecule is CCNC(Cc1nccs1)C(CC)OCC. The summed E-state index contributed by atoms with van der Waals surface area (Å²) in [4.78, 5) is 4.34. The highest BCUT2D eigenvalue weighted by atomic mass is 32.1. The highest BCUT2D eigenvalue weighted by Crippen LogP contribution is 2.13. The van der Waals surface area contributed by atoms with Crippen LogP contribution < -0.4 is 5.32 Å². The monoisotopic (exact) mass is 242 g/mol. The van der Waals surface area contributed by atoms with Crippen LogP contribution in [0.2, 0.25) is 0 Å². The Hall–Kier alpha value is -0.450. The van der Waals surface area contributed by atoms with Gasteiger partial charge in [0.25, 0.3) is 0 Å². The molecule has 2 unspecified atom stereocenters.